The van der Waals surface area contributed by atoms with E-state index in [9.17, 15) is 28.5 Å². The van der Waals surface area contributed by atoms with E-state index in [1.54, 1.807) is 6.07 Å². The molecule has 0 aliphatic carbocycles. The fourth-order valence-corrected chi connectivity index (χ4v) is 2.39. The Balaban J connectivity index is 2.12. The second kappa shape index (κ2) is 8.15. The first-order chi connectivity index (χ1) is 12.3. The molecule has 9 heteroatoms. The number of amides is 2. The number of nitro groups is 1. The Bertz CT molecular complexity index is 858. The summed E-state index contributed by atoms with van der Waals surface area (Å²) in [6.45, 7) is 0. The Morgan fingerprint density at radius 3 is 2.46 bits per heavy atom. The summed E-state index contributed by atoms with van der Waals surface area (Å²) in [5, 5.41) is 13.4. The van der Waals surface area contributed by atoms with Gasteiger partial charge in [0.15, 0.2) is 0 Å². The minimum atomic E-state index is -1.22. The molecule has 1 atom stereocenters. The number of para-hydroxylation sites is 1. The molecule has 0 aliphatic heterocycles. The third kappa shape index (κ3) is 4.82. The Labute approximate surface area is 147 Å². The van der Waals surface area contributed by atoms with E-state index in [2.05, 4.69) is 5.32 Å². The Kier molecular flexibility index (Phi) is 5.94. The number of halogens is 2. The lowest BCUT2D eigenvalue weighted by molar-refractivity contribution is -0.385. The molecular formula is C17H15F2N3O4. The van der Waals surface area contributed by atoms with Crippen LogP contribution in [0.25, 0.3) is 0 Å². The molecule has 3 N–H and O–H groups in total. The molecule has 7 nitrogen and oxygen atoms in total. The molecular weight excluding hydrogens is 348 g/mol. The van der Waals surface area contributed by atoms with Crippen molar-refractivity contribution < 1.29 is 23.3 Å². The molecule has 0 aromatic heterocycles. The van der Waals surface area contributed by atoms with Crippen molar-refractivity contribution in [1.82, 2.24) is 5.32 Å². The average Bonchev–Trinajstić information content (AvgIpc) is 2.57. The van der Waals surface area contributed by atoms with Crippen molar-refractivity contribution in [2.24, 2.45) is 5.73 Å². The number of hydrogen-bond acceptors (Lipinski definition) is 4. The number of nitrogens with one attached hydrogen (secondary N) is 1. The molecule has 136 valence electrons. The molecule has 2 amide bonds. The quantitative estimate of drug-likeness (QED) is 0.574. The first-order valence-electron chi connectivity index (χ1n) is 7.53. The van der Waals surface area contributed by atoms with Gasteiger partial charge in [0.05, 0.1) is 11.3 Å². The molecule has 0 saturated carbocycles. The lowest BCUT2D eigenvalue weighted by Gasteiger charge is -2.16. The van der Waals surface area contributed by atoms with Gasteiger partial charge in [0, 0.05) is 24.1 Å². The number of carbonyl (C=O) groups is 2. The van der Waals surface area contributed by atoms with Crippen LogP contribution in [0.3, 0.4) is 0 Å². The normalized spacial score (nSPS) is 11.6. The largest absolute Gasteiger partial charge is 0.368 e. The minimum Gasteiger partial charge on any atom is -0.368 e. The van der Waals surface area contributed by atoms with Gasteiger partial charge in [0.25, 0.3) is 5.69 Å². The molecule has 0 aliphatic rings. The van der Waals surface area contributed by atoms with Crippen LogP contribution >= 0.6 is 0 Å². The van der Waals surface area contributed by atoms with E-state index in [4.69, 9.17) is 5.73 Å². The topological polar surface area (TPSA) is 115 Å². The van der Waals surface area contributed by atoms with E-state index in [0.717, 1.165) is 12.1 Å². The summed E-state index contributed by atoms with van der Waals surface area (Å²) in [5.41, 5.74) is 5.20. The smallest absolute Gasteiger partial charge is 0.272 e. The van der Waals surface area contributed by atoms with Crippen LogP contribution in [0.5, 0.6) is 0 Å². The van der Waals surface area contributed by atoms with Crippen LogP contribution in [0.2, 0.25) is 0 Å². The standard InChI is InChI=1S/C17H15F2N3O4/c18-12-6-5-10(13(19)9-12)8-16(23)21-14(17(20)24)7-11-3-1-2-4-15(11)22(25)26/h1-6,9,14H,7-8H2,(H2,20,24)(H,21,23)/t14-/m1/s1. The van der Waals surface area contributed by atoms with Crippen LogP contribution in [0, 0.1) is 21.7 Å². The second-order valence-corrected chi connectivity index (χ2v) is 5.52. The number of primary amides is 1. The third-order valence-corrected chi connectivity index (χ3v) is 3.66. The highest BCUT2D eigenvalue weighted by molar-refractivity contribution is 5.87. The van der Waals surface area contributed by atoms with E-state index in [-0.39, 0.29) is 23.2 Å². The third-order valence-electron chi connectivity index (χ3n) is 3.66. The summed E-state index contributed by atoms with van der Waals surface area (Å²) < 4.78 is 26.5. The molecule has 0 bridgehead atoms. The molecule has 26 heavy (non-hydrogen) atoms. The summed E-state index contributed by atoms with van der Waals surface area (Å²) >= 11 is 0. The van der Waals surface area contributed by atoms with Crippen molar-refractivity contribution in [2.75, 3.05) is 0 Å². The molecule has 0 heterocycles. The number of hydrogen-bond donors (Lipinski definition) is 2. The number of benzene rings is 2. The van der Waals surface area contributed by atoms with Crippen LogP contribution in [-0.2, 0) is 22.4 Å². The van der Waals surface area contributed by atoms with Crippen molar-refractivity contribution in [1.29, 1.82) is 0 Å². The summed E-state index contributed by atoms with van der Waals surface area (Å²) in [6.07, 6.45) is -0.628. The molecule has 0 spiro atoms. The highest BCUT2D eigenvalue weighted by Gasteiger charge is 2.23. The van der Waals surface area contributed by atoms with Crippen molar-refractivity contribution >= 4 is 17.5 Å². The van der Waals surface area contributed by atoms with Gasteiger partial charge in [-0.2, -0.15) is 0 Å². The van der Waals surface area contributed by atoms with Crippen LogP contribution in [-0.4, -0.2) is 22.8 Å². The summed E-state index contributed by atoms with van der Waals surface area (Å²) in [4.78, 5) is 34.1. The molecule has 0 saturated heterocycles. The first kappa shape index (κ1) is 19.0. The van der Waals surface area contributed by atoms with Crippen molar-refractivity contribution in [3.8, 4) is 0 Å². The fraction of sp³-hybridized carbons (Fsp3) is 0.176. The van der Waals surface area contributed by atoms with E-state index in [0.29, 0.717) is 6.07 Å². The summed E-state index contributed by atoms with van der Waals surface area (Å²) in [7, 11) is 0. The Morgan fingerprint density at radius 1 is 1.15 bits per heavy atom. The lowest BCUT2D eigenvalue weighted by Crippen LogP contribution is -2.46. The predicted molar refractivity (Wildman–Crippen MR) is 88.0 cm³/mol. The average molecular weight is 363 g/mol. The van der Waals surface area contributed by atoms with Gasteiger partial charge in [-0.15, -0.1) is 0 Å². The Morgan fingerprint density at radius 2 is 1.85 bits per heavy atom. The van der Waals surface area contributed by atoms with E-state index >= 15 is 0 Å². The first-order valence-corrected chi connectivity index (χ1v) is 7.53. The van der Waals surface area contributed by atoms with Crippen molar-refractivity contribution in [3.63, 3.8) is 0 Å². The molecule has 0 unspecified atom stereocenters. The molecule has 2 aromatic carbocycles. The SMILES string of the molecule is NC(=O)[C@@H](Cc1ccccc1[N+](=O)[O-])NC(=O)Cc1ccc(F)cc1F. The second-order valence-electron chi connectivity index (χ2n) is 5.52. The van der Waals surface area contributed by atoms with Crippen molar-refractivity contribution in [3.05, 3.63) is 75.3 Å². The summed E-state index contributed by atoms with van der Waals surface area (Å²) in [6, 6.07) is 7.28. The molecule has 0 fully saturated rings. The van der Waals surface area contributed by atoms with Crippen LogP contribution < -0.4 is 11.1 Å². The van der Waals surface area contributed by atoms with Crippen LogP contribution in [0.15, 0.2) is 42.5 Å². The fourth-order valence-electron chi connectivity index (χ4n) is 2.39. The van der Waals surface area contributed by atoms with Gasteiger partial charge in [-0.25, -0.2) is 8.78 Å². The van der Waals surface area contributed by atoms with Gasteiger partial charge in [-0.3, -0.25) is 19.7 Å². The van der Waals surface area contributed by atoms with Gasteiger partial charge in [-0.1, -0.05) is 24.3 Å². The van der Waals surface area contributed by atoms with Gasteiger partial charge >= 0.3 is 0 Å². The van der Waals surface area contributed by atoms with Gasteiger partial charge < -0.3 is 11.1 Å². The van der Waals surface area contributed by atoms with Gasteiger partial charge in [0.2, 0.25) is 11.8 Å². The van der Waals surface area contributed by atoms with E-state index in [1.165, 1.54) is 18.2 Å². The maximum atomic E-state index is 13.6. The zero-order valence-electron chi connectivity index (χ0n) is 13.4. The van der Waals surface area contributed by atoms with Gasteiger partial charge in [0.1, 0.15) is 17.7 Å². The number of nitrogens with two attached hydrogens (primary N) is 1. The number of nitro benzene ring substituents is 1. The summed E-state index contributed by atoms with van der Waals surface area (Å²) in [5.74, 6) is -3.29. The highest BCUT2D eigenvalue weighted by Crippen LogP contribution is 2.19. The predicted octanol–water partition coefficient (Wildman–Crippen LogP) is 1.63. The minimum absolute atomic E-state index is 0.0576. The molecule has 2 aromatic rings. The van der Waals surface area contributed by atoms with Crippen LogP contribution in [0.4, 0.5) is 14.5 Å². The maximum Gasteiger partial charge on any atom is 0.272 e. The van der Waals surface area contributed by atoms with Crippen LogP contribution in [0.1, 0.15) is 11.1 Å². The van der Waals surface area contributed by atoms with Gasteiger partial charge in [-0.05, 0) is 11.6 Å². The molecule has 0 radical (unpaired) electrons. The zero-order chi connectivity index (χ0) is 19.3. The number of nitrogens with zero attached hydrogens (tertiary/aromatic N) is 1. The lowest BCUT2D eigenvalue weighted by atomic mass is 10.0. The Hall–Kier alpha value is -3.36. The van der Waals surface area contributed by atoms with E-state index < -0.39 is 40.8 Å². The number of carbonyl (C=O) groups excluding carboxylic acids is 2. The van der Waals surface area contributed by atoms with E-state index in [1.807, 2.05) is 0 Å². The maximum absolute atomic E-state index is 13.6. The monoisotopic (exact) mass is 363 g/mol. The molecule has 2 rings (SSSR count). The zero-order valence-corrected chi connectivity index (χ0v) is 13.4. The number of rotatable bonds is 7. The van der Waals surface area contributed by atoms with Crippen molar-refractivity contribution in [2.45, 2.75) is 18.9 Å². The highest BCUT2D eigenvalue weighted by atomic mass is 19.1.